The van der Waals surface area contributed by atoms with E-state index in [1.54, 1.807) is 46.8 Å². The van der Waals surface area contributed by atoms with Gasteiger partial charge >= 0.3 is 0 Å². The van der Waals surface area contributed by atoms with Crippen LogP contribution in [0.1, 0.15) is 22.8 Å². The number of thiophene rings is 1. The van der Waals surface area contributed by atoms with Crippen molar-refractivity contribution in [2.75, 3.05) is 7.05 Å². The molecule has 0 aliphatic carbocycles. The molecule has 1 amide bonds. The average molecular weight is 352 g/mol. The Kier molecular flexibility index (Phi) is 5.46. The summed E-state index contributed by atoms with van der Waals surface area (Å²) in [6, 6.07) is 13.0. The summed E-state index contributed by atoms with van der Waals surface area (Å²) < 4.78 is 5.79. The van der Waals surface area contributed by atoms with Gasteiger partial charge in [-0.2, -0.15) is 11.3 Å². The molecule has 2 heterocycles. The van der Waals surface area contributed by atoms with Crippen LogP contribution >= 0.6 is 11.3 Å². The molecule has 0 spiro atoms. The number of likely N-dealkylation sites (N-methyl/N-ethyl adjacent to an activating group) is 1. The van der Waals surface area contributed by atoms with Gasteiger partial charge in [0.25, 0.3) is 5.91 Å². The molecule has 128 valence electrons. The van der Waals surface area contributed by atoms with E-state index in [0.717, 1.165) is 6.42 Å². The monoisotopic (exact) mass is 352 g/mol. The number of carbonyl (C=O) groups excluding carboxylic acids is 1. The summed E-state index contributed by atoms with van der Waals surface area (Å²) in [5.41, 5.74) is 1.87. The lowest BCUT2D eigenvalue weighted by molar-refractivity contribution is 0.0743. The van der Waals surface area contributed by atoms with E-state index in [1.165, 1.54) is 5.56 Å². The summed E-state index contributed by atoms with van der Waals surface area (Å²) in [5, 5.41) is 4.18. The molecule has 0 N–H and O–H groups in total. The van der Waals surface area contributed by atoms with Gasteiger partial charge in [0.05, 0.1) is 0 Å². The summed E-state index contributed by atoms with van der Waals surface area (Å²) >= 11 is 1.68. The molecule has 0 radical (unpaired) electrons. The van der Waals surface area contributed by atoms with E-state index in [-0.39, 0.29) is 11.9 Å². The van der Waals surface area contributed by atoms with Crippen LogP contribution in [0.25, 0.3) is 0 Å². The third-order valence-corrected chi connectivity index (χ3v) is 4.79. The molecule has 2 aromatic heterocycles. The van der Waals surface area contributed by atoms with Crippen molar-refractivity contribution < 1.29 is 9.53 Å². The minimum absolute atomic E-state index is 0.0112. The van der Waals surface area contributed by atoms with Crippen molar-refractivity contribution in [2.45, 2.75) is 19.4 Å². The maximum Gasteiger partial charge on any atom is 0.253 e. The fourth-order valence-corrected chi connectivity index (χ4v) is 3.21. The van der Waals surface area contributed by atoms with Crippen LogP contribution in [0.2, 0.25) is 0 Å². The topological polar surface area (TPSA) is 42.4 Å². The van der Waals surface area contributed by atoms with E-state index in [1.807, 2.05) is 25.2 Å². The standard InChI is InChI=1S/C20H20N2O2S/c1-15(12-16-8-11-25-14-16)22(2)20(23)17-4-3-5-19(13-17)24-18-6-9-21-10-7-18/h3-11,13-15H,12H2,1-2H3/t15-/m0/s1. The number of pyridine rings is 1. The lowest BCUT2D eigenvalue weighted by Crippen LogP contribution is -2.36. The molecular weight excluding hydrogens is 332 g/mol. The Morgan fingerprint density at radius 1 is 1.20 bits per heavy atom. The first-order chi connectivity index (χ1) is 12.1. The number of carbonyl (C=O) groups is 1. The molecule has 0 saturated heterocycles. The zero-order chi connectivity index (χ0) is 17.6. The number of benzene rings is 1. The van der Waals surface area contributed by atoms with E-state index in [4.69, 9.17) is 4.74 Å². The number of ether oxygens (including phenoxy) is 1. The molecule has 3 rings (SSSR count). The maximum absolute atomic E-state index is 12.8. The molecule has 0 aliphatic rings. The van der Waals surface area contributed by atoms with Crippen molar-refractivity contribution in [1.29, 1.82) is 0 Å². The van der Waals surface area contributed by atoms with Gasteiger partial charge < -0.3 is 9.64 Å². The van der Waals surface area contributed by atoms with Crippen molar-refractivity contribution in [1.82, 2.24) is 9.88 Å². The molecule has 3 aromatic rings. The Morgan fingerprint density at radius 3 is 2.72 bits per heavy atom. The van der Waals surface area contributed by atoms with Crippen LogP contribution in [-0.4, -0.2) is 28.9 Å². The van der Waals surface area contributed by atoms with Crippen LogP contribution in [0.5, 0.6) is 11.5 Å². The summed E-state index contributed by atoms with van der Waals surface area (Å²) in [6.07, 6.45) is 4.19. The molecule has 25 heavy (non-hydrogen) atoms. The predicted octanol–water partition coefficient (Wildman–Crippen LogP) is 4.64. The summed E-state index contributed by atoms with van der Waals surface area (Å²) in [7, 11) is 1.84. The SMILES string of the molecule is C[C@@H](Cc1ccsc1)N(C)C(=O)c1cccc(Oc2ccncc2)c1. The van der Waals surface area contributed by atoms with E-state index in [2.05, 4.69) is 28.7 Å². The Labute approximate surface area is 151 Å². The number of hydrogen-bond acceptors (Lipinski definition) is 4. The van der Waals surface area contributed by atoms with Gasteiger partial charge in [-0.25, -0.2) is 0 Å². The fraction of sp³-hybridized carbons (Fsp3) is 0.200. The highest BCUT2D eigenvalue weighted by atomic mass is 32.1. The number of aromatic nitrogens is 1. The predicted molar refractivity (Wildman–Crippen MR) is 100 cm³/mol. The first kappa shape index (κ1) is 17.2. The number of rotatable bonds is 6. The van der Waals surface area contributed by atoms with Crippen LogP contribution < -0.4 is 4.74 Å². The van der Waals surface area contributed by atoms with Crippen molar-refractivity contribution >= 4 is 17.2 Å². The fourth-order valence-electron chi connectivity index (χ4n) is 2.53. The van der Waals surface area contributed by atoms with Crippen LogP contribution in [0, 0.1) is 0 Å². The minimum atomic E-state index is -0.0112. The summed E-state index contributed by atoms with van der Waals surface area (Å²) in [4.78, 5) is 18.5. The smallest absolute Gasteiger partial charge is 0.253 e. The third kappa shape index (κ3) is 4.45. The molecule has 5 heteroatoms. The van der Waals surface area contributed by atoms with Crippen LogP contribution in [0.4, 0.5) is 0 Å². The van der Waals surface area contributed by atoms with Gasteiger partial charge in [-0.1, -0.05) is 6.07 Å². The normalized spacial score (nSPS) is 11.8. The third-order valence-electron chi connectivity index (χ3n) is 4.06. The molecule has 0 aliphatic heterocycles. The van der Waals surface area contributed by atoms with E-state index in [9.17, 15) is 4.79 Å². The van der Waals surface area contributed by atoms with Crippen molar-refractivity contribution in [2.24, 2.45) is 0 Å². The average Bonchev–Trinajstić information content (AvgIpc) is 3.14. The zero-order valence-electron chi connectivity index (χ0n) is 14.3. The lowest BCUT2D eigenvalue weighted by Gasteiger charge is -2.25. The molecular formula is C20H20N2O2S. The van der Waals surface area contributed by atoms with Gasteiger partial charge in [0.15, 0.2) is 0 Å². The van der Waals surface area contributed by atoms with Gasteiger partial charge in [0, 0.05) is 31.0 Å². The minimum Gasteiger partial charge on any atom is -0.457 e. The maximum atomic E-state index is 12.8. The molecule has 4 nitrogen and oxygen atoms in total. The number of amides is 1. The molecule has 1 aromatic carbocycles. The second-order valence-electron chi connectivity index (χ2n) is 5.91. The summed E-state index contributed by atoms with van der Waals surface area (Å²) in [6.45, 7) is 2.06. The van der Waals surface area contributed by atoms with Gasteiger partial charge in [-0.05, 0) is 66.1 Å². The number of nitrogens with zero attached hydrogens (tertiary/aromatic N) is 2. The van der Waals surface area contributed by atoms with Crippen molar-refractivity contribution in [3.63, 3.8) is 0 Å². The van der Waals surface area contributed by atoms with Crippen molar-refractivity contribution in [3.8, 4) is 11.5 Å². The lowest BCUT2D eigenvalue weighted by atomic mass is 10.1. The highest BCUT2D eigenvalue weighted by Crippen LogP contribution is 2.22. The summed E-state index contributed by atoms with van der Waals surface area (Å²) in [5.74, 6) is 1.32. The molecule has 0 saturated carbocycles. The largest absolute Gasteiger partial charge is 0.457 e. The first-order valence-electron chi connectivity index (χ1n) is 8.09. The van der Waals surface area contributed by atoms with Crippen molar-refractivity contribution in [3.05, 3.63) is 76.7 Å². The van der Waals surface area contributed by atoms with Gasteiger partial charge in [-0.15, -0.1) is 0 Å². The van der Waals surface area contributed by atoms with Gasteiger partial charge in [0.1, 0.15) is 11.5 Å². The van der Waals surface area contributed by atoms with Crippen LogP contribution in [-0.2, 0) is 6.42 Å². The Hall–Kier alpha value is -2.66. The second kappa shape index (κ2) is 7.94. The molecule has 0 fully saturated rings. The van der Waals surface area contributed by atoms with E-state index >= 15 is 0 Å². The Bertz CT molecular complexity index is 819. The number of hydrogen-bond donors (Lipinski definition) is 0. The van der Waals surface area contributed by atoms with Crippen LogP contribution in [0.3, 0.4) is 0 Å². The second-order valence-corrected chi connectivity index (χ2v) is 6.69. The Balaban J connectivity index is 1.70. The first-order valence-corrected chi connectivity index (χ1v) is 9.04. The highest BCUT2D eigenvalue weighted by Gasteiger charge is 2.18. The molecule has 1 atom stereocenters. The Morgan fingerprint density at radius 2 is 2.00 bits per heavy atom. The quantitative estimate of drug-likeness (QED) is 0.649. The van der Waals surface area contributed by atoms with Crippen LogP contribution in [0.15, 0.2) is 65.6 Å². The van der Waals surface area contributed by atoms with E-state index in [0.29, 0.717) is 17.1 Å². The highest BCUT2D eigenvalue weighted by molar-refractivity contribution is 7.07. The molecule has 0 bridgehead atoms. The van der Waals surface area contributed by atoms with Gasteiger partial charge in [0.2, 0.25) is 0 Å². The van der Waals surface area contributed by atoms with Gasteiger partial charge in [-0.3, -0.25) is 9.78 Å². The molecule has 0 unspecified atom stereocenters. The zero-order valence-corrected chi connectivity index (χ0v) is 15.1. The van der Waals surface area contributed by atoms with E-state index < -0.39 is 0 Å².